The van der Waals surface area contributed by atoms with E-state index in [0.717, 1.165) is 0 Å². The van der Waals surface area contributed by atoms with E-state index < -0.39 is 0 Å². The highest BCUT2D eigenvalue weighted by Crippen LogP contribution is 2.10. The van der Waals surface area contributed by atoms with Crippen LogP contribution in [0, 0.1) is 0 Å². The third kappa shape index (κ3) is 3.82. The Kier molecular flexibility index (Phi) is 5.22. The summed E-state index contributed by atoms with van der Waals surface area (Å²) in [6, 6.07) is 7.15. The fourth-order valence-corrected chi connectivity index (χ4v) is 1.08. The maximum Gasteiger partial charge on any atom is 0.229 e. The largest absolute Gasteiger partial charge is 0.309 e. The Labute approximate surface area is 99.7 Å². The van der Waals surface area contributed by atoms with E-state index in [2.05, 4.69) is 20.3 Å². The molecule has 0 amide bonds. The van der Waals surface area contributed by atoms with Gasteiger partial charge in [-0.3, -0.25) is 0 Å². The molecule has 0 aliphatic heterocycles. The number of nitrogens with zero attached hydrogens (tertiary/aromatic N) is 3. The lowest BCUT2D eigenvalue weighted by molar-refractivity contribution is 1.15. The van der Waals surface area contributed by atoms with Crippen LogP contribution in [0.15, 0.2) is 36.7 Å². The van der Waals surface area contributed by atoms with E-state index in [1.54, 1.807) is 18.5 Å². The smallest absolute Gasteiger partial charge is 0.229 e. The number of nitrogens with one attached hydrogen (secondary N) is 1. The first-order chi connectivity index (χ1) is 7.84. The van der Waals surface area contributed by atoms with Gasteiger partial charge in [0, 0.05) is 12.4 Å². The summed E-state index contributed by atoms with van der Waals surface area (Å²) >= 11 is 5.70. The summed E-state index contributed by atoms with van der Waals surface area (Å²) in [7, 11) is 0. The summed E-state index contributed by atoms with van der Waals surface area (Å²) in [5.41, 5.74) is 0. The maximum atomic E-state index is 5.70. The average molecular weight is 237 g/mol. The zero-order chi connectivity index (χ0) is 11.8. The van der Waals surface area contributed by atoms with Gasteiger partial charge in [0.15, 0.2) is 0 Å². The Morgan fingerprint density at radius 3 is 2.50 bits per heavy atom. The lowest BCUT2D eigenvalue weighted by Gasteiger charge is -2.02. The number of halogens is 1. The lowest BCUT2D eigenvalue weighted by Crippen LogP contribution is -1.97. The van der Waals surface area contributed by atoms with Crippen LogP contribution < -0.4 is 5.32 Å². The van der Waals surface area contributed by atoms with Gasteiger partial charge in [-0.15, -0.1) is 0 Å². The van der Waals surface area contributed by atoms with Crippen molar-refractivity contribution >= 4 is 23.4 Å². The Balaban J connectivity index is 0.000000606. The van der Waals surface area contributed by atoms with E-state index >= 15 is 0 Å². The van der Waals surface area contributed by atoms with Crippen LogP contribution in [0.3, 0.4) is 0 Å². The Bertz CT molecular complexity index is 419. The third-order valence-corrected chi connectivity index (χ3v) is 1.74. The van der Waals surface area contributed by atoms with Gasteiger partial charge < -0.3 is 5.32 Å². The van der Waals surface area contributed by atoms with Crippen molar-refractivity contribution in [1.82, 2.24) is 15.0 Å². The van der Waals surface area contributed by atoms with Gasteiger partial charge in [0.1, 0.15) is 11.0 Å². The summed E-state index contributed by atoms with van der Waals surface area (Å²) in [5, 5.41) is 3.33. The predicted octanol–water partition coefficient (Wildman–Crippen LogP) is 3.29. The molecule has 0 aliphatic carbocycles. The van der Waals surface area contributed by atoms with Crippen molar-refractivity contribution in [3.8, 4) is 0 Å². The lowest BCUT2D eigenvalue weighted by atomic mass is 10.5. The molecule has 2 aromatic rings. The highest BCUT2D eigenvalue weighted by Gasteiger charge is 1.97. The second-order valence-corrected chi connectivity index (χ2v) is 2.93. The number of rotatable bonds is 2. The molecule has 84 valence electrons. The second kappa shape index (κ2) is 6.74. The summed E-state index contributed by atoms with van der Waals surface area (Å²) in [6.45, 7) is 4.00. The van der Waals surface area contributed by atoms with Gasteiger partial charge in [0.05, 0.1) is 0 Å². The minimum atomic E-state index is 0.401. The number of hydrogen-bond donors (Lipinski definition) is 1. The molecule has 2 aromatic heterocycles. The average Bonchev–Trinajstić information content (AvgIpc) is 2.33. The summed E-state index contributed by atoms with van der Waals surface area (Å²) in [4.78, 5) is 12.0. The van der Waals surface area contributed by atoms with Crippen LogP contribution >= 0.6 is 11.6 Å². The van der Waals surface area contributed by atoms with Crippen molar-refractivity contribution in [1.29, 1.82) is 0 Å². The van der Waals surface area contributed by atoms with Gasteiger partial charge in [0.25, 0.3) is 0 Å². The van der Waals surface area contributed by atoms with Crippen LogP contribution in [0.25, 0.3) is 0 Å². The second-order valence-electron chi connectivity index (χ2n) is 2.54. The number of hydrogen-bond acceptors (Lipinski definition) is 4. The van der Waals surface area contributed by atoms with Crippen molar-refractivity contribution < 1.29 is 0 Å². The molecule has 16 heavy (non-hydrogen) atoms. The van der Waals surface area contributed by atoms with Gasteiger partial charge in [0.2, 0.25) is 5.95 Å². The molecule has 0 atom stereocenters. The standard InChI is InChI=1S/C9H7ClN4.C2H6/c10-7-4-6-12-9(13-7)14-8-3-1-2-5-11-8;1-2/h1-6H,(H,11,12,13,14);1-2H3. The van der Waals surface area contributed by atoms with Crippen LogP contribution in [0.1, 0.15) is 13.8 Å². The van der Waals surface area contributed by atoms with E-state index in [1.165, 1.54) is 0 Å². The number of aromatic nitrogens is 3. The Hall–Kier alpha value is -1.68. The fourth-order valence-electron chi connectivity index (χ4n) is 0.948. The highest BCUT2D eigenvalue weighted by atomic mass is 35.5. The van der Waals surface area contributed by atoms with E-state index in [0.29, 0.717) is 16.9 Å². The van der Waals surface area contributed by atoms with Crippen LogP contribution in [-0.2, 0) is 0 Å². The third-order valence-electron chi connectivity index (χ3n) is 1.53. The van der Waals surface area contributed by atoms with Gasteiger partial charge in [-0.05, 0) is 18.2 Å². The van der Waals surface area contributed by atoms with Gasteiger partial charge >= 0.3 is 0 Å². The molecular formula is C11H13ClN4. The molecule has 0 aliphatic rings. The first-order valence-corrected chi connectivity index (χ1v) is 5.39. The number of anilines is 2. The van der Waals surface area contributed by atoms with Crippen LogP contribution in [0.2, 0.25) is 5.15 Å². The van der Waals surface area contributed by atoms with Crippen molar-refractivity contribution in [3.63, 3.8) is 0 Å². The Morgan fingerprint density at radius 2 is 1.88 bits per heavy atom. The number of pyridine rings is 1. The molecule has 1 N–H and O–H groups in total. The molecule has 4 nitrogen and oxygen atoms in total. The summed E-state index contributed by atoms with van der Waals surface area (Å²) in [6.07, 6.45) is 3.27. The summed E-state index contributed by atoms with van der Waals surface area (Å²) < 4.78 is 0. The van der Waals surface area contributed by atoms with Crippen molar-refractivity contribution in [3.05, 3.63) is 41.8 Å². The van der Waals surface area contributed by atoms with E-state index in [9.17, 15) is 0 Å². The van der Waals surface area contributed by atoms with Crippen LogP contribution in [-0.4, -0.2) is 15.0 Å². The maximum absolute atomic E-state index is 5.70. The SMILES string of the molecule is CC.Clc1ccnc(Nc2ccccn2)n1. The minimum absolute atomic E-state index is 0.401. The van der Waals surface area contributed by atoms with E-state index in [1.807, 2.05) is 32.0 Å². The zero-order valence-electron chi connectivity index (χ0n) is 9.18. The monoisotopic (exact) mass is 236 g/mol. The first-order valence-electron chi connectivity index (χ1n) is 5.01. The van der Waals surface area contributed by atoms with Gasteiger partial charge in [-0.25, -0.2) is 15.0 Å². The van der Waals surface area contributed by atoms with Gasteiger partial charge in [-0.1, -0.05) is 31.5 Å². The van der Waals surface area contributed by atoms with Crippen molar-refractivity contribution in [2.75, 3.05) is 5.32 Å². The van der Waals surface area contributed by atoms with E-state index in [-0.39, 0.29) is 0 Å². The highest BCUT2D eigenvalue weighted by molar-refractivity contribution is 6.29. The molecule has 0 bridgehead atoms. The van der Waals surface area contributed by atoms with Crippen molar-refractivity contribution in [2.24, 2.45) is 0 Å². The predicted molar refractivity (Wildman–Crippen MR) is 65.9 cm³/mol. The molecule has 2 rings (SSSR count). The summed E-state index contributed by atoms with van der Waals surface area (Å²) in [5.74, 6) is 1.13. The molecule has 0 saturated carbocycles. The topological polar surface area (TPSA) is 50.7 Å². The molecule has 0 radical (unpaired) electrons. The fraction of sp³-hybridized carbons (Fsp3) is 0.182. The van der Waals surface area contributed by atoms with Crippen LogP contribution in [0.5, 0.6) is 0 Å². The van der Waals surface area contributed by atoms with Gasteiger partial charge in [-0.2, -0.15) is 0 Å². The molecule has 5 heteroatoms. The van der Waals surface area contributed by atoms with E-state index in [4.69, 9.17) is 11.6 Å². The molecule has 2 heterocycles. The minimum Gasteiger partial charge on any atom is -0.309 e. The molecule has 0 fully saturated rings. The molecule has 0 saturated heterocycles. The molecule has 0 unspecified atom stereocenters. The zero-order valence-corrected chi connectivity index (χ0v) is 9.94. The molecule has 0 aromatic carbocycles. The molecule has 0 spiro atoms. The quantitative estimate of drug-likeness (QED) is 0.813. The normalized spacial score (nSPS) is 8.94. The first kappa shape index (κ1) is 12.4. The molecular weight excluding hydrogens is 224 g/mol. The van der Waals surface area contributed by atoms with Crippen molar-refractivity contribution in [2.45, 2.75) is 13.8 Å². The van der Waals surface area contributed by atoms with Crippen LogP contribution in [0.4, 0.5) is 11.8 Å². The Morgan fingerprint density at radius 1 is 1.06 bits per heavy atom.